The quantitative estimate of drug-likeness (QED) is 0.704. The maximum atomic E-state index is 10.5. The predicted octanol–water partition coefficient (Wildman–Crippen LogP) is 1.35. The summed E-state index contributed by atoms with van der Waals surface area (Å²) in [6.45, 7) is 7.46. The van der Waals surface area contributed by atoms with Gasteiger partial charge in [0.05, 0.1) is 13.2 Å². The van der Waals surface area contributed by atoms with Crippen molar-refractivity contribution >= 4 is 11.9 Å². The van der Waals surface area contributed by atoms with E-state index in [9.17, 15) is 9.59 Å². The van der Waals surface area contributed by atoms with Crippen LogP contribution in [-0.2, 0) is 9.53 Å². The molecule has 0 aliphatic carbocycles. The lowest BCUT2D eigenvalue weighted by Crippen LogP contribution is -2.28. The lowest BCUT2D eigenvalue weighted by molar-refractivity contribution is -0.116. The van der Waals surface area contributed by atoms with Gasteiger partial charge < -0.3 is 10.1 Å². The Morgan fingerprint density at radius 3 is 2.17 bits per heavy atom. The van der Waals surface area contributed by atoms with Crippen LogP contribution in [0.4, 0.5) is 4.79 Å². The molecule has 0 saturated carbocycles. The number of carbonyl (C=O) groups is 2. The highest BCUT2D eigenvalue weighted by Crippen LogP contribution is 1.75. The van der Waals surface area contributed by atoms with Crippen LogP contribution in [0.25, 0.3) is 0 Å². The summed E-state index contributed by atoms with van der Waals surface area (Å²) in [6, 6.07) is 0. The number of ether oxygens (including phenoxy) is 1. The Balaban J connectivity index is 0. The molecule has 1 N–H and O–H groups in total. The fourth-order valence-electron chi connectivity index (χ4n) is 0.379. The first-order valence-electron chi connectivity index (χ1n) is 4.07. The van der Waals surface area contributed by atoms with Gasteiger partial charge in [0.15, 0.2) is 0 Å². The highest BCUT2D eigenvalue weighted by Gasteiger charge is 1.99. The van der Waals surface area contributed by atoms with Crippen molar-refractivity contribution in [2.24, 2.45) is 0 Å². The molecule has 0 aliphatic rings. The van der Waals surface area contributed by atoms with E-state index >= 15 is 0 Å². The molecule has 0 aromatic heterocycles. The fraction of sp³-hybridized carbons (Fsp3) is 0.750. The van der Waals surface area contributed by atoms with E-state index in [1.165, 1.54) is 6.92 Å². The number of rotatable bonds is 3. The molecule has 0 aliphatic heterocycles. The zero-order valence-electron chi connectivity index (χ0n) is 8.14. The molecule has 0 aromatic carbocycles. The minimum absolute atomic E-state index is 0.0405. The van der Waals surface area contributed by atoms with Crippen LogP contribution in [0, 0.1) is 0 Å². The molecule has 0 rings (SSSR count). The lowest BCUT2D eigenvalue weighted by Gasteiger charge is -2.00. The van der Waals surface area contributed by atoms with Gasteiger partial charge in [-0.2, -0.15) is 0 Å². The molecular weight excluding hydrogens is 158 g/mol. The number of amides is 1. The van der Waals surface area contributed by atoms with E-state index in [4.69, 9.17) is 0 Å². The van der Waals surface area contributed by atoms with Gasteiger partial charge in [0.25, 0.3) is 0 Å². The van der Waals surface area contributed by atoms with Gasteiger partial charge in [-0.25, -0.2) is 4.79 Å². The summed E-state index contributed by atoms with van der Waals surface area (Å²) in [4.78, 5) is 20.7. The number of alkyl carbamates (subject to hydrolysis) is 1. The Morgan fingerprint density at radius 1 is 1.33 bits per heavy atom. The summed E-state index contributed by atoms with van der Waals surface area (Å²) in [7, 11) is 0. The molecule has 72 valence electrons. The van der Waals surface area contributed by atoms with Crippen LogP contribution in [0.5, 0.6) is 0 Å². The number of hydrogen-bond acceptors (Lipinski definition) is 3. The maximum Gasteiger partial charge on any atom is 0.407 e. The number of carbonyl (C=O) groups excluding carboxylic acids is 2. The SMILES string of the molecule is CC.CCOC(=O)NCC(C)=O. The second-order valence-electron chi connectivity index (χ2n) is 1.78. The first kappa shape index (κ1) is 13.5. The third kappa shape index (κ3) is 11.7. The van der Waals surface area contributed by atoms with E-state index in [0.29, 0.717) is 6.61 Å². The molecule has 0 bridgehead atoms. The van der Waals surface area contributed by atoms with Gasteiger partial charge in [0, 0.05) is 0 Å². The predicted molar refractivity (Wildman–Crippen MR) is 47.1 cm³/mol. The van der Waals surface area contributed by atoms with E-state index in [-0.39, 0.29) is 12.3 Å². The Kier molecular flexibility index (Phi) is 11.2. The number of hydrogen-bond donors (Lipinski definition) is 1. The molecule has 1 amide bonds. The minimum Gasteiger partial charge on any atom is -0.450 e. The standard InChI is InChI=1S/C6H11NO3.C2H6/c1-3-10-6(9)7-4-5(2)8;1-2/h3-4H2,1-2H3,(H,7,9);1-2H3. The largest absolute Gasteiger partial charge is 0.450 e. The average Bonchev–Trinajstić information content (AvgIpc) is 2.05. The summed E-state index contributed by atoms with van der Waals surface area (Å²) >= 11 is 0. The Bertz CT molecular complexity index is 134. The smallest absolute Gasteiger partial charge is 0.407 e. The highest BCUT2D eigenvalue weighted by molar-refractivity contribution is 5.81. The van der Waals surface area contributed by atoms with Gasteiger partial charge >= 0.3 is 6.09 Å². The monoisotopic (exact) mass is 175 g/mol. The van der Waals surface area contributed by atoms with Crippen LogP contribution in [-0.4, -0.2) is 25.0 Å². The molecule has 0 unspecified atom stereocenters. The summed E-state index contributed by atoms with van der Waals surface area (Å²) in [5.41, 5.74) is 0. The molecule has 4 heteroatoms. The van der Waals surface area contributed by atoms with E-state index in [1.54, 1.807) is 6.92 Å². The van der Waals surface area contributed by atoms with Gasteiger partial charge in [-0.05, 0) is 13.8 Å². The molecule has 0 fully saturated rings. The topological polar surface area (TPSA) is 55.4 Å². The van der Waals surface area contributed by atoms with Gasteiger partial charge in [0.1, 0.15) is 5.78 Å². The van der Waals surface area contributed by atoms with Crippen molar-refractivity contribution in [3.8, 4) is 0 Å². The van der Waals surface area contributed by atoms with Gasteiger partial charge in [-0.1, -0.05) is 13.8 Å². The molecule has 4 nitrogen and oxygen atoms in total. The van der Waals surface area contributed by atoms with Crippen molar-refractivity contribution in [1.82, 2.24) is 5.32 Å². The average molecular weight is 175 g/mol. The van der Waals surface area contributed by atoms with Crippen molar-refractivity contribution < 1.29 is 14.3 Å². The number of nitrogens with one attached hydrogen (secondary N) is 1. The van der Waals surface area contributed by atoms with Crippen LogP contribution < -0.4 is 5.32 Å². The summed E-state index contributed by atoms with van der Waals surface area (Å²) in [5, 5.41) is 2.27. The molecule has 0 radical (unpaired) electrons. The zero-order valence-corrected chi connectivity index (χ0v) is 8.14. The van der Waals surface area contributed by atoms with Crippen molar-refractivity contribution in [3.05, 3.63) is 0 Å². The highest BCUT2D eigenvalue weighted by atomic mass is 16.5. The second kappa shape index (κ2) is 9.94. The first-order valence-corrected chi connectivity index (χ1v) is 4.07. The van der Waals surface area contributed by atoms with Crippen LogP contribution in [0.15, 0.2) is 0 Å². The lowest BCUT2D eigenvalue weighted by atomic mass is 10.4. The minimum atomic E-state index is -0.544. The normalized spacial score (nSPS) is 7.67. The molecule has 0 spiro atoms. The van der Waals surface area contributed by atoms with Crippen LogP contribution in [0.1, 0.15) is 27.7 Å². The van der Waals surface area contributed by atoms with Crippen molar-refractivity contribution in [1.29, 1.82) is 0 Å². The van der Waals surface area contributed by atoms with Gasteiger partial charge in [-0.15, -0.1) is 0 Å². The summed E-state index contributed by atoms with van der Waals surface area (Å²) < 4.78 is 4.49. The van der Waals surface area contributed by atoms with Gasteiger partial charge in [-0.3, -0.25) is 4.79 Å². The Morgan fingerprint density at radius 2 is 1.83 bits per heavy atom. The van der Waals surface area contributed by atoms with E-state index < -0.39 is 6.09 Å². The summed E-state index contributed by atoms with van der Waals surface area (Å²) in [5.74, 6) is -0.0898. The van der Waals surface area contributed by atoms with Crippen LogP contribution in [0.3, 0.4) is 0 Å². The third-order valence-corrected chi connectivity index (χ3v) is 0.757. The van der Waals surface area contributed by atoms with E-state index in [2.05, 4.69) is 10.1 Å². The van der Waals surface area contributed by atoms with Crippen LogP contribution >= 0.6 is 0 Å². The third-order valence-electron chi connectivity index (χ3n) is 0.757. The molecule has 0 atom stereocenters. The molecule has 0 aromatic rings. The van der Waals surface area contributed by atoms with Crippen molar-refractivity contribution in [3.63, 3.8) is 0 Å². The maximum absolute atomic E-state index is 10.5. The molecule has 0 saturated heterocycles. The molecule has 0 heterocycles. The summed E-state index contributed by atoms with van der Waals surface area (Å²) in [6.07, 6.45) is -0.544. The van der Waals surface area contributed by atoms with E-state index in [1.807, 2.05) is 13.8 Å². The number of ketones is 1. The van der Waals surface area contributed by atoms with E-state index in [0.717, 1.165) is 0 Å². The second-order valence-corrected chi connectivity index (χ2v) is 1.78. The Hall–Kier alpha value is -1.06. The molecule has 12 heavy (non-hydrogen) atoms. The van der Waals surface area contributed by atoms with Crippen molar-refractivity contribution in [2.45, 2.75) is 27.7 Å². The van der Waals surface area contributed by atoms with Gasteiger partial charge in [0.2, 0.25) is 0 Å². The zero-order chi connectivity index (χ0) is 9.98. The fourth-order valence-corrected chi connectivity index (χ4v) is 0.379. The number of Topliss-reactive ketones (excluding diaryl/α,β-unsaturated/α-hetero) is 1. The first-order chi connectivity index (χ1) is 5.66. The van der Waals surface area contributed by atoms with Crippen molar-refractivity contribution in [2.75, 3.05) is 13.2 Å². The molecular formula is C8H17NO3. The Labute approximate surface area is 73.3 Å². The van der Waals surface area contributed by atoms with Crippen LogP contribution in [0.2, 0.25) is 0 Å².